The van der Waals surface area contributed by atoms with Gasteiger partial charge in [-0.1, -0.05) is 30.3 Å². The van der Waals surface area contributed by atoms with Crippen LogP contribution in [0, 0.1) is 19.7 Å². The molecule has 138 valence electrons. The zero-order chi connectivity index (χ0) is 19.6. The molecule has 0 aliphatic carbocycles. The average Bonchev–Trinajstić information content (AvgIpc) is 2.96. The number of amides is 1. The number of aryl methyl sites for hydroxylation is 1. The highest BCUT2D eigenvalue weighted by Crippen LogP contribution is 2.19. The monoisotopic (exact) mass is 365 g/mol. The second-order valence-corrected chi connectivity index (χ2v) is 6.37. The van der Waals surface area contributed by atoms with Crippen LogP contribution in [0.2, 0.25) is 0 Å². The van der Waals surface area contributed by atoms with Crippen molar-refractivity contribution in [3.8, 4) is 5.69 Å². The molecule has 1 atom stereocenters. The van der Waals surface area contributed by atoms with Crippen LogP contribution in [-0.4, -0.2) is 21.5 Å². The van der Waals surface area contributed by atoms with Gasteiger partial charge in [0.1, 0.15) is 5.82 Å². The Kier molecular flexibility index (Phi) is 5.16. The minimum Gasteiger partial charge on any atom is -0.343 e. The molecular formula is C21H20FN3O2. The molecule has 2 aromatic carbocycles. The fourth-order valence-corrected chi connectivity index (χ4v) is 3.00. The molecule has 0 aliphatic heterocycles. The smallest absolute Gasteiger partial charge is 0.293 e. The lowest BCUT2D eigenvalue weighted by Crippen LogP contribution is -2.33. The summed E-state index contributed by atoms with van der Waals surface area (Å²) in [6.07, 6.45) is 0. The number of hydrogen-bond acceptors (Lipinski definition) is 3. The number of ketones is 1. The number of nitrogens with one attached hydrogen (secondary N) is 1. The molecule has 0 aliphatic rings. The number of Topliss-reactive ketones (excluding diaryl/α,β-unsaturated/α-hetero) is 1. The van der Waals surface area contributed by atoms with Crippen LogP contribution in [0.5, 0.6) is 0 Å². The Balaban J connectivity index is 1.82. The van der Waals surface area contributed by atoms with E-state index in [1.165, 1.54) is 12.1 Å². The molecule has 0 radical (unpaired) electrons. The van der Waals surface area contributed by atoms with E-state index in [9.17, 15) is 14.0 Å². The molecule has 1 amide bonds. The zero-order valence-electron chi connectivity index (χ0n) is 15.4. The van der Waals surface area contributed by atoms with Gasteiger partial charge in [0.2, 0.25) is 0 Å². The number of carbonyl (C=O) groups is 2. The van der Waals surface area contributed by atoms with Gasteiger partial charge in [-0.15, -0.1) is 0 Å². The molecule has 0 saturated carbocycles. The second-order valence-electron chi connectivity index (χ2n) is 6.37. The Hall–Kier alpha value is -3.28. The first-order valence-electron chi connectivity index (χ1n) is 8.60. The van der Waals surface area contributed by atoms with Gasteiger partial charge in [-0.05, 0) is 50.6 Å². The topological polar surface area (TPSA) is 64.0 Å². The van der Waals surface area contributed by atoms with Crippen molar-refractivity contribution in [2.24, 2.45) is 0 Å². The summed E-state index contributed by atoms with van der Waals surface area (Å²) in [6, 6.07) is 14.8. The maximum atomic E-state index is 13.0. The second kappa shape index (κ2) is 7.53. The third-order valence-corrected chi connectivity index (χ3v) is 4.44. The third-order valence-electron chi connectivity index (χ3n) is 4.44. The standard InChI is InChI=1S/C21H20FN3O2/c1-13(16-9-11-17(22)12-10-16)23-21(27)20(26)19-14(2)24-25(15(19)3)18-7-5-4-6-8-18/h4-13H,1-3H3,(H,23,27)/t13-/m0/s1. The summed E-state index contributed by atoms with van der Waals surface area (Å²) in [4.78, 5) is 25.2. The van der Waals surface area contributed by atoms with E-state index in [1.807, 2.05) is 30.3 Å². The number of aromatic nitrogens is 2. The summed E-state index contributed by atoms with van der Waals surface area (Å²) in [5, 5.41) is 7.07. The number of carbonyl (C=O) groups excluding carboxylic acids is 2. The molecule has 6 heteroatoms. The van der Waals surface area contributed by atoms with Crippen molar-refractivity contribution in [2.75, 3.05) is 0 Å². The molecule has 1 N–H and O–H groups in total. The lowest BCUT2D eigenvalue weighted by molar-refractivity contribution is -0.117. The van der Waals surface area contributed by atoms with Gasteiger partial charge in [0.05, 0.1) is 28.7 Å². The predicted octanol–water partition coefficient (Wildman–Crippen LogP) is 3.69. The van der Waals surface area contributed by atoms with Gasteiger partial charge in [0.25, 0.3) is 11.7 Å². The number of para-hydroxylation sites is 1. The number of rotatable bonds is 5. The van der Waals surface area contributed by atoms with Gasteiger partial charge in [-0.25, -0.2) is 9.07 Å². The summed E-state index contributed by atoms with van der Waals surface area (Å²) in [6.45, 7) is 5.21. The van der Waals surface area contributed by atoms with Crippen molar-refractivity contribution in [1.29, 1.82) is 0 Å². The number of halogens is 1. The van der Waals surface area contributed by atoms with E-state index in [1.54, 1.807) is 37.6 Å². The molecule has 3 rings (SSSR count). The van der Waals surface area contributed by atoms with Crippen molar-refractivity contribution in [1.82, 2.24) is 15.1 Å². The fraction of sp³-hybridized carbons (Fsp3) is 0.190. The lowest BCUT2D eigenvalue weighted by atomic mass is 10.1. The highest BCUT2D eigenvalue weighted by atomic mass is 19.1. The van der Waals surface area contributed by atoms with Gasteiger partial charge >= 0.3 is 0 Å². The molecule has 3 aromatic rings. The summed E-state index contributed by atoms with van der Waals surface area (Å²) < 4.78 is 14.7. The first-order valence-corrected chi connectivity index (χ1v) is 8.60. The summed E-state index contributed by atoms with van der Waals surface area (Å²) in [5.41, 5.74) is 2.92. The van der Waals surface area contributed by atoms with Crippen molar-refractivity contribution in [2.45, 2.75) is 26.8 Å². The van der Waals surface area contributed by atoms with Crippen molar-refractivity contribution >= 4 is 11.7 Å². The van der Waals surface area contributed by atoms with E-state index in [-0.39, 0.29) is 5.82 Å². The van der Waals surface area contributed by atoms with Gasteiger partial charge in [0.15, 0.2) is 0 Å². The Morgan fingerprint density at radius 2 is 1.67 bits per heavy atom. The maximum absolute atomic E-state index is 13.0. The van der Waals surface area contributed by atoms with Gasteiger partial charge in [0, 0.05) is 0 Å². The van der Waals surface area contributed by atoms with Gasteiger partial charge in [-0.2, -0.15) is 5.10 Å². The summed E-state index contributed by atoms with van der Waals surface area (Å²) in [7, 11) is 0. The van der Waals surface area contributed by atoms with Crippen molar-refractivity contribution in [3.63, 3.8) is 0 Å². The third kappa shape index (κ3) is 3.79. The van der Waals surface area contributed by atoms with Crippen molar-refractivity contribution in [3.05, 3.63) is 82.9 Å². The highest BCUT2D eigenvalue weighted by Gasteiger charge is 2.26. The van der Waals surface area contributed by atoms with E-state index in [0.717, 1.165) is 5.69 Å². The van der Waals surface area contributed by atoms with E-state index >= 15 is 0 Å². The Morgan fingerprint density at radius 1 is 1.04 bits per heavy atom. The quantitative estimate of drug-likeness (QED) is 0.554. The molecular weight excluding hydrogens is 345 g/mol. The van der Waals surface area contributed by atoms with Crippen LogP contribution < -0.4 is 5.32 Å². The number of benzene rings is 2. The van der Waals surface area contributed by atoms with E-state index < -0.39 is 17.7 Å². The molecule has 0 spiro atoms. The van der Waals surface area contributed by atoms with Crippen LogP contribution in [0.3, 0.4) is 0 Å². The van der Waals surface area contributed by atoms with Crippen LogP contribution in [0.4, 0.5) is 4.39 Å². The Labute approximate surface area is 156 Å². The molecule has 1 heterocycles. The SMILES string of the molecule is Cc1nn(-c2ccccc2)c(C)c1C(=O)C(=O)N[C@@H](C)c1ccc(F)cc1. The summed E-state index contributed by atoms with van der Waals surface area (Å²) >= 11 is 0. The first-order chi connectivity index (χ1) is 12.9. The number of hydrogen-bond donors (Lipinski definition) is 1. The van der Waals surface area contributed by atoms with Crippen LogP contribution >= 0.6 is 0 Å². The largest absolute Gasteiger partial charge is 0.343 e. The van der Waals surface area contributed by atoms with E-state index in [4.69, 9.17) is 0 Å². The molecule has 0 bridgehead atoms. The predicted molar refractivity (Wildman–Crippen MR) is 100 cm³/mol. The van der Waals surface area contributed by atoms with E-state index in [2.05, 4.69) is 10.4 Å². The minimum atomic E-state index is -0.717. The molecule has 0 unspecified atom stereocenters. The highest BCUT2D eigenvalue weighted by molar-refractivity contribution is 6.43. The first kappa shape index (κ1) is 18.5. The normalized spacial score (nSPS) is 11.9. The summed E-state index contributed by atoms with van der Waals surface area (Å²) in [5.74, 6) is -1.71. The molecule has 27 heavy (non-hydrogen) atoms. The lowest BCUT2D eigenvalue weighted by Gasteiger charge is -2.14. The molecule has 5 nitrogen and oxygen atoms in total. The zero-order valence-corrected chi connectivity index (χ0v) is 15.4. The van der Waals surface area contributed by atoms with Crippen LogP contribution in [0.1, 0.15) is 40.3 Å². The Morgan fingerprint density at radius 3 is 2.30 bits per heavy atom. The maximum Gasteiger partial charge on any atom is 0.293 e. The minimum absolute atomic E-state index is 0.294. The van der Waals surface area contributed by atoms with E-state index in [0.29, 0.717) is 22.5 Å². The van der Waals surface area contributed by atoms with Crippen molar-refractivity contribution < 1.29 is 14.0 Å². The molecule has 1 aromatic heterocycles. The number of nitrogens with zero attached hydrogens (tertiary/aromatic N) is 2. The fourth-order valence-electron chi connectivity index (χ4n) is 3.00. The Bertz CT molecular complexity index is 979. The molecule has 0 saturated heterocycles. The van der Waals surface area contributed by atoms with Crippen LogP contribution in [-0.2, 0) is 4.79 Å². The van der Waals surface area contributed by atoms with Gasteiger partial charge < -0.3 is 5.32 Å². The van der Waals surface area contributed by atoms with Gasteiger partial charge in [-0.3, -0.25) is 9.59 Å². The molecule has 0 fully saturated rings. The van der Waals surface area contributed by atoms with Crippen LogP contribution in [0.15, 0.2) is 54.6 Å². The van der Waals surface area contributed by atoms with Crippen LogP contribution in [0.25, 0.3) is 5.69 Å². The average molecular weight is 365 g/mol.